The number of hydrogen-bond acceptors (Lipinski definition) is 3. The number of nitrogens with zero attached hydrogens (tertiary/aromatic N) is 1. The highest BCUT2D eigenvalue weighted by molar-refractivity contribution is 5.82. The smallest absolute Gasteiger partial charge is 0.313 e. The lowest BCUT2D eigenvalue weighted by atomic mass is 10.2. The topological polar surface area (TPSA) is 61.4 Å². The standard InChI is InChI=1S/C10H16N3O2/c14-7-13-6-2-4-9(13)12-10(15)8-3-1-5-11-8/h8-9,11H,1-6H2,(H,12,15). The van der Waals surface area contributed by atoms with Gasteiger partial charge < -0.3 is 15.5 Å². The van der Waals surface area contributed by atoms with Crippen LogP contribution in [0.5, 0.6) is 0 Å². The van der Waals surface area contributed by atoms with Crippen molar-refractivity contribution in [2.45, 2.75) is 37.9 Å². The highest BCUT2D eigenvalue weighted by Gasteiger charge is 2.29. The minimum Gasteiger partial charge on any atom is -0.334 e. The highest BCUT2D eigenvalue weighted by Crippen LogP contribution is 2.13. The largest absolute Gasteiger partial charge is 0.334 e. The van der Waals surface area contributed by atoms with Crippen LogP contribution >= 0.6 is 0 Å². The molecule has 0 aromatic carbocycles. The summed E-state index contributed by atoms with van der Waals surface area (Å²) in [4.78, 5) is 23.8. The van der Waals surface area contributed by atoms with Gasteiger partial charge in [-0.3, -0.25) is 9.59 Å². The van der Waals surface area contributed by atoms with E-state index < -0.39 is 0 Å². The second-order valence-electron chi connectivity index (χ2n) is 4.10. The average molecular weight is 210 g/mol. The normalized spacial score (nSPS) is 30.5. The van der Waals surface area contributed by atoms with Crippen LogP contribution in [-0.2, 0) is 9.59 Å². The Morgan fingerprint density at radius 3 is 2.93 bits per heavy atom. The van der Waals surface area contributed by atoms with Crippen molar-refractivity contribution in [1.29, 1.82) is 0 Å². The van der Waals surface area contributed by atoms with Crippen LogP contribution in [0.2, 0.25) is 0 Å². The summed E-state index contributed by atoms with van der Waals surface area (Å²) >= 11 is 0. The molecule has 2 aliphatic heterocycles. The number of hydrogen-bond donors (Lipinski definition) is 2. The van der Waals surface area contributed by atoms with E-state index in [0.717, 1.165) is 32.2 Å². The van der Waals surface area contributed by atoms with Gasteiger partial charge in [0.2, 0.25) is 5.91 Å². The molecule has 2 fully saturated rings. The van der Waals surface area contributed by atoms with Gasteiger partial charge in [0, 0.05) is 6.54 Å². The number of amides is 2. The molecular formula is C10H16N3O2. The van der Waals surface area contributed by atoms with Gasteiger partial charge in [-0.25, -0.2) is 0 Å². The Bertz CT molecular complexity index is 251. The number of likely N-dealkylation sites (tertiary alicyclic amines) is 1. The van der Waals surface area contributed by atoms with E-state index in [9.17, 15) is 9.59 Å². The summed E-state index contributed by atoms with van der Waals surface area (Å²) in [7, 11) is 0. The van der Waals surface area contributed by atoms with E-state index in [2.05, 4.69) is 10.6 Å². The van der Waals surface area contributed by atoms with E-state index in [1.165, 1.54) is 4.90 Å². The van der Waals surface area contributed by atoms with Gasteiger partial charge in [-0.2, -0.15) is 0 Å². The lowest BCUT2D eigenvalue weighted by molar-refractivity contribution is -0.124. The number of nitrogens with one attached hydrogen (secondary N) is 2. The number of carbonyl (C=O) groups excluding carboxylic acids is 2. The fourth-order valence-electron chi connectivity index (χ4n) is 2.20. The van der Waals surface area contributed by atoms with Gasteiger partial charge >= 0.3 is 6.41 Å². The molecule has 83 valence electrons. The van der Waals surface area contributed by atoms with Crippen molar-refractivity contribution in [1.82, 2.24) is 15.5 Å². The first-order valence-corrected chi connectivity index (χ1v) is 5.49. The van der Waals surface area contributed by atoms with Crippen LogP contribution in [0.3, 0.4) is 0 Å². The minimum absolute atomic E-state index is 0.0136. The molecule has 1 radical (unpaired) electrons. The minimum atomic E-state index is -0.141. The maximum Gasteiger partial charge on any atom is 0.313 e. The predicted molar refractivity (Wildman–Crippen MR) is 54.6 cm³/mol. The molecule has 2 unspecified atom stereocenters. The average Bonchev–Trinajstić information content (AvgIpc) is 2.87. The van der Waals surface area contributed by atoms with Crippen LogP contribution in [0.4, 0.5) is 0 Å². The molecule has 5 heteroatoms. The third-order valence-corrected chi connectivity index (χ3v) is 3.06. The SMILES string of the molecule is O=[C]N1CCCC1NC(=O)C1CCCN1. The Labute approximate surface area is 89.2 Å². The van der Waals surface area contributed by atoms with Gasteiger partial charge in [0.1, 0.15) is 6.17 Å². The molecule has 0 saturated carbocycles. The molecule has 2 N–H and O–H groups in total. The molecular weight excluding hydrogens is 194 g/mol. The molecule has 15 heavy (non-hydrogen) atoms. The molecule has 5 nitrogen and oxygen atoms in total. The molecule has 2 amide bonds. The van der Waals surface area contributed by atoms with Crippen LogP contribution in [0, 0.1) is 0 Å². The monoisotopic (exact) mass is 210 g/mol. The predicted octanol–water partition coefficient (Wildman–Crippen LogP) is -0.656. The molecule has 0 aliphatic carbocycles. The van der Waals surface area contributed by atoms with E-state index in [1.54, 1.807) is 0 Å². The second kappa shape index (κ2) is 4.61. The Morgan fingerprint density at radius 2 is 2.27 bits per heavy atom. The summed E-state index contributed by atoms with van der Waals surface area (Å²) in [6.07, 6.45) is 5.44. The van der Waals surface area contributed by atoms with Gasteiger partial charge in [0.05, 0.1) is 6.04 Å². The summed E-state index contributed by atoms with van der Waals surface area (Å²) in [5, 5.41) is 6.02. The van der Waals surface area contributed by atoms with Crippen molar-refractivity contribution < 1.29 is 9.59 Å². The molecule has 2 saturated heterocycles. The Kier molecular flexibility index (Phi) is 3.20. The zero-order valence-corrected chi connectivity index (χ0v) is 8.66. The first-order chi connectivity index (χ1) is 7.31. The van der Waals surface area contributed by atoms with Crippen molar-refractivity contribution in [3.05, 3.63) is 0 Å². The lowest BCUT2D eigenvalue weighted by Gasteiger charge is -2.22. The summed E-state index contributed by atoms with van der Waals surface area (Å²) < 4.78 is 0. The molecule has 2 rings (SSSR count). The van der Waals surface area contributed by atoms with Crippen molar-refractivity contribution in [3.63, 3.8) is 0 Å². The summed E-state index contributed by atoms with van der Waals surface area (Å²) in [6.45, 7) is 1.61. The zero-order valence-electron chi connectivity index (χ0n) is 8.66. The molecule has 0 spiro atoms. The maximum atomic E-state index is 11.7. The fraction of sp³-hybridized carbons (Fsp3) is 0.800. The van der Waals surface area contributed by atoms with E-state index in [0.29, 0.717) is 6.54 Å². The summed E-state index contributed by atoms with van der Waals surface area (Å²) in [5.74, 6) is 0.0136. The third-order valence-electron chi connectivity index (χ3n) is 3.06. The van der Waals surface area contributed by atoms with Crippen LogP contribution in [-0.4, -0.2) is 42.5 Å². The molecule has 0 aromatic heterocycles. The van der Waals surface area contributed by atoms with Crippen LogP contribution in [0.15, 0.2) is 0 Å². The van der Waals surface area contributed by atoms with E-state index in [-0.39, 0.29) is 18.1 Å². The lowest BCUT2D eigenvalue weighted by Crippen LogP contribution is -2.49. The Morgan fingerprint density at radius 1 is 1.40 bits per heavy atom. The molecule has 0 bridgehead atoms. The van der Waals surface area contributed by atoms with Gasteiger partial charge in [0.25, 0.3) is 0 Å². The quantitative estimate of drug-likeness (QED) is 0.650. The van der Waals surface area contributed by atoms with Crippen LogP contribution in [0.1, 0.15) is 25.7 Å². The molecule has 2 heterocycles. The third kappa shape index (κ3) is 2.28. The fourth-order valence-corrected chi connectivity index (χ4v) is 2.20. The van der Waals surface area contributed by atoms with Gasteiger partial charge in [0.15, 0.2) is 0 Å². The van der Waals surface area contributed by atoms with Gasteiger partial charge in [-0.05, 0) is 32.2 Å². The number of rotatable bonds is 3. The van der Waals surface area contributed by atoms with Crippen molar-refractivity contribution >= 4 is 12.3 Å². The van der Waals surface area contributed by atoms with Crippen molar-refractivity contribution in [3.8, 4) is 0 Å². The zero-order chi connectivity index (χ0) is 10.7. The Hall–Kier alpha value is -1.10. The highest BCUT2D eigenvalue weighted by atomic mass is 16.2. The molecule has 2 aliphatic rings. The second-order valence-corrected chi connectivity index (χ2v) is 4.10. The summed E-state index contributed by atoms with van der Waals surface area (Å²) in [5.41, 5.74) is 0. The van der Waals surface area contributed by atoms with Crippen LogP contribution < -0.4 is 10.6 Å². The number of carbonyl (C=O) groups is 1. The van der Waals surface area contributed by atoms with E-state index >= 15 is 0 Å². The van der Waals surface area contributed by atoms with E-state index in [1.807, 2.05) is 6.41 Å². The first-order valence-electron chi connectivity index (χ1n) is 5.49. The van der Waals surface area contributed by atoms with Gasteiger partial charge in [-0.1, -0.05) is 0 Å². The Balaban J connectivity index is 1.84. The van der Waals surface area contributed by atoms with Crippen LogP contribution in [0.25, 0.3) is 0 Å². The maximum absolute atomic E-state index is 11.7. The van der Waals surface area contributed by atoms with E-state index in [4.69, 9.17) is 0 Å². The molecule has 0 aromatic rings. The first kappa shape index (κ1) is 10.4. The van der Waals surface area contributed by atoms with Gasteiger partial charge in [-0.15, -0.1) is 0 Å². The van der Waals surface area contributed by atoms with Crippen molar-refractivity contribution in [2.24, 2.45) is 0 Å². The summed E-state index contributed by atoms with van der Waals surface area (Å²) in [6, 6.07) is -0.0703. The van der Waals surface area contributed by atoms with Crippen molar-refractivity contribution in [2.75, 3.05) is 13.1 Å². The molecule has 2 atom stereocenters.